The Balaban J connectivity index is 1.16. The summed E-state index contributed by atoms with van der Waals surface area (Å²) in [5.41, 5.74) is 5.29. The zero-order chi connectivity index (χ0) is 30.3. The molecule has 0 bridgehead atoms. The van der Waals surface area contributed by atoms with E-state index in [0.717, 1.165) is 56.1 Å². The highest BCUT2D eigenvalue weighted by atomic mass is 32.1. The summed E-state index contributed by atoms with van der Waals surface area (Å²) < 4.78 is 2.06. The minimum Gasteiger partial charge on any atom is -0.369 e. The first-order valence-electron chi connectivity index (χ1n) is 15.1. The van der Waals surface area contributed by atoms with Gasteiger partial charge in [0.1, 0.15) is 0 Å². The van der Waals surface area contributed by atoms with E-state index in [1.807, 2.05) is 77.0 Å². The highest BCUT2D eigenvalue weighted by Crippen LogP contribution is 2.26. The number of hydrogen-bond donors (Lipinski definition) is 0. The number of hydrogen-bond acceptors (Lipinski definition) is 6. The van der Waals surface area contributed by atoms with E-state index < -0.39 is 0 Å². The van der Waals surface area contributed by atoms with Crippen molar-refractivity contribution in [2.24, 2.45) is 0 Å². The maximum atomic E-state index is 13.9. The highest BCUT2D eigenvalue weighted by molar-refractivity contribution is 7.11. The van der Waals surface area contributed by atoms with Gasteiger partial charge in [-0.3, -0.25) is 9.69 Å². The van der Waals surface area contributed by atoms with Gasteiger partial charge in [0.15, 0.2) is 0 Å². The lowest BCUT2D eigenvalue weighted by molar-refractivity contribution is 0.0984. The Morgan fingerprint density at radius 2 is 1.61 bits per heavy atom. The number of nitrogens with zero attached hydrogens (tertiary/aromatic N) is 6. The summed E-state index contributed by atoms with van der Waals surface area (Å²) in [5, 5.41) is 9.13. The number of imidazole rings is 1. The molecule has 0 atom stereocenters. The fourth-order valence-electron chi connectivity index (χ4n) is 5.61. The van der Waals surface area contributed by atoms with E-state index in [2.05, 4.69) is 68.7 Å². The van der Waals surface area contributed by atoms with Gasteiger partial charge in [-0.1, -0.05) is 37.3 Å². The monoisotopic (exact) mass is 600 g/mol. The van der Waals surface area contributed by atoms with Crippen molar-refractivity contribution in [3.8, 4) is 6.07 Å². The normalized spacial score (nSPS) is 13.5. The number of benzene rings is 3. The first-order valence-corrected chi connectivity index (χ1v) is 15.9. The van der Waals surface area contributed by atoms with Crippen molar-refractivity contribution in [1.29, 1.82) is 5.26 Å². The SMILES string of the molecule is CCc1ccc(CN2CCN(c3ccc(N(Cc4cncn4Cc4ccc(C#N)cc4)C(=O)c4ccccc4)cc3)CC2)s1. The van der Waals surface area contributed by atoms with Gasteiger partial charge in [-0.15, -0.1) is 11.3 Å². The fourth-order valence-corrected chi connectivity index (χ4v) is 6.61. The molecule has 0 aliphatic carbocycles. The topological polar surface area (TPSA) is 68.4 Å². The van der Waals surface area contributed by atoms with Crippen LogP contribution in [0.3, 0.4) is 0 Å². The standard InChI is InChI=1S/C36H36N6OS/c1-2-34-16-17-35(44-34)26-39-18-20-40(21-19-39)31-12-14-32(15-13-31)42(36(43)30-6-4-3-5-7-30)25-33-23-38-27-41(33)24-29-10-8-28(22-37)9-11-29/h3-17,23,27H,2,18-21,24-26H2,1H3. The van der Waals surface area contributed by atoms with Crippen LogP contribution in [0.2, 0.25) is 0 Å². The Hall–Kier alpha value is -4.71. The summed E-state index contributed by atoms with van der Waals surface area (Å²) in [6, 6.07) is 32.1. The van der Waals surface area contributed by atoms with E-state index >= 15 is 0 Å². The molecule has 0 spiro atoms. The van der Waals surface area contributed by atoms with Crippen LogP contribution in [-0.4, -0.2) is 46.5 Å². The van der Waals surface area contributed by atoms with Gasteiger partial charge < -0.3 is 14.4 Å². The smallest absolute Gasteiger partial charge is 0.258 e. The predicted octanol–water partition coefficient (Wildman–Crippen LogP) is 6.60. The second-order valence-corrected chi connectivity index (χ2v) is 12.3. The van der Waals surface area contributed by atoms with Crippen molar-refractivity contribution < 1.29 is 4.79 Å². The predicted molar refractivity (Wildman–Crippen MR) is 177 cm³/mol. The van der Waals surface area contributed by atoms with Crippen LogP contribution in [0.25, 0.3) is 0 Å². The van der Waals surface area contributed by atoms with Gasteiger partial charge in [0.05, 0.1) is 30.2 Å². The molecule has 8 heteroatoms. The quantitative estimate of drug-likeness (QED) is 0.181. The number of rotatable bonds is 10. The van der Waals surface area contributed by atoms with Crippen LogP contribution in [-0.2, 0) is 26.1 Å². The summed E-state index contributed by atoms with van der Waals surface area (Å²) >= 11 is 1.93. The minimum atomic E-state index is -0.0575. The van der Waals surface area contributed by atoms with Crippen LogP contribution in [0.5, 0.6) is 0 Å². The molecule has 1 aliphatic rings. The Labute approximate surface area is 263 Å². The molecule has 0 unspecified atom stereocenters. The second kappa shape index (κ2) is 13.7. The number of aryl methyl sites for hydroxylation is 1. The lowest BCUT2D eigenvalue weighted by Crippen LogP contribution is -2.45. The zero-order valence-electron chi connectivity index (χ0n) is 25.0. The average molecular weight is 601 g/mol. The maximum Gasteiger partial charge on any atom is 0.258 e. The third kappa shape index (κ3) is 6.91. The molecule has 6 rings (SSSR count). The van der Waals surface area contributed by atoms with Gasteiger partial charge in [0.25, 0.3) is 5.91 Å². The average Bonchev–Trinajstić information content (AvgIpc) is 3.73. The molecule has 2 aromatic heterocycles. The molecule has 7 nitrogen and oxygen atoms in total. The van der Waals surface area contributed by atoms with Crippen molar-refractivity contribution in [1.82, 2.24) is 14.5 Å². The van der Waals surface area contributed by atoms with Crippen LogP contribution in [0.1, 0.15) is 43.9 Å². The largest absolute Gasteiger partial charge is 0.369 e. The summed E-state index contributed by atoms with van der Waals surface area (Å²) in [4.78, 5) is 28.0. The number of carbonyl (C=O) groups excluding carboxylic acids is 1. The van der Waals surface area contributed by atoms with Crippen LogP contribution in [0.15, 0.2) is 104 Å². The van der Waals surface area contributed by atoms with Crippen molar-refractivity contribution in [3.05, 3.63) is 136 Å². The van der Waals surface area contributed by atoms with Gasteiger partial charge in [0.2, 0.25) is 0 Å². The Kier molecular flexibility index (Phi) is 9.16. The number of nitriles is 1. The molecule has 3 aromatic carbocycles. The van der Waals surface area contributed by atoms with Crippen molar-refractivity contribution >= 4 is 28.6 Å². The lowest BCUT2D eigenvalue weighted by atomic mass is 10.1. The van der Waals surface area contributed by atoms with Gasteiger partial charge in [-0.25, -0.2) is 4.98 Å². The van der Waals surface area contributed by atoms with Crippen molar-refractivity contribution in [2.75, 3.05) is 36.0 Å². The molecule has 5 aromatic rings. The zero-order valence-corrected chi connectivity index (χ0v) is 25.8. The maximum absolute atomic E-state index is 13.9. The van der Waals surface area contributed by atoms with Gasteiger partial charge >= 0.3 is 0 Å². The summed E-state index contributed by atoms with van der Waals surface area (Å²) in [7, 11) is 0. The second-order valence-electron chi connectivity index (χ2n) is 11.1. The number of thiophene rings is 1. The third-order valence-corrected chi connectivity index (χ3v) is 9.38. The van der Waals surface area contributed by atoms with Crippen molar-refractivity contribution in [2.45, 2.75) is 33.0 Å². The van der Waals surface area contributed by atoms with E-state index in [9.17, 15) is 4.79 Å². The number of anilines is 2. The number of aromatic nitrogens is 2. The Morgan fingerprint density at radius 1 is 0.886 bits per heavy atom. The fraction of sp³-hybridized carbons (Fsp3) is 0.250. The lowest BCUT2D eigenvalue weighted by Gasteiger charge is -2.36. The summed E-state index contributed by atoms with van der Waals surface area (Å²) in [6.07, 6.45) is 4.72. The van der Waals surface area contributed by atoms with Crippen LogP contribution < -0.4 is 9.80 Å². The Bertz CT molecular complexity index is 1710. The van der Waals surface area contributed by atoms with Crippen molar-refractivity contribution in [3.63, 3.8) is 0 Å². The number of carbonyl (C=O) groups is 1. The summed E-state index contributed by atoms with van der Waals surface area (Å²) in [6.45, 7) is 8.24. The first-order chi connectivity index (χ1) is 21.6. The molecule has 1 amide bonds. The van der Waals surface area contributed by atoms with E-state index in [4.69, 9.17) is 5.26 Å². The van der Waals surface area contributed by atoms with E-state index in [-0.39, 0.29) is 5.91 Å². The van der Waals surface area contributed by atoms with E-state index in [1.165, 1.54) is 15.4 Å². The van der Waals surface area contributed by atoms with Crippen LogP contribution in [0, 0.1) is 11.3 Å². The first kappa shape index (κ1) is 29.4. The molecule has 0 N–H and O–H groups in total. The molecular formula is C36H36N6OS. The Morgan fingerprint density at radius 3 is 2.30 bits per heavy atom. The van der Waals surface area contributed by atoms with E-state index in [1.54, 1.807) is 6.33 Å². The molecule has 0 saturated carbocycles. The molecular weight excluding hydrogens is 565 g/mol. The van der Waals surface area contributed by atoms with Gasteiger partial charge in [-0.2, -0.15) is 5.26 Å². The molecule has 0 radical (unpaired) electrons. The van der Waals surface area contributed by atoms with Gasteiger partial charge in [0, 0.05) is 72.2 Å². The highest BCUT2D eigenvalue weighted by Gasteiger charge is 2.22. The molecule has 1 aliphatic heterocycles. The van der Waals surface area contributed by atoms with E-state index in [0.29, 0.717) is 24.2 Å². The molecule has 3 heterocycles. The van der Waals surface area contributed by atoms with Gasteiger partial charge in [-0.05, 0) is 72.6 Å². The minimum absolute atomic E-state index is 0.0575. The third-order valence-electron chi connectivity index (χ3n) is 8.16. The summed E-state index contributed by atoms with van der Waals surface area (Å²) in [5.74, 6) is -0.0575. The molecule has 1 fully saturated rings. The molecule has 44 heavy (non-hydrogen) atoms. The molecule has 1 saturated heterocycles. The molecule has 222 valence electrons. The van der Waals surface area contributed by atoms with Crippen LogP contribution >= 0.6 is 11.3 Å². The van der Waals surface area contributed by atoms with Crippen LogP contribution in [0.4, 0.5) is 11.4 Å². The number of piperazine rings is 1. The number of amides is 1.